The lowest BCUT2D eigenvalue weighted by atomic mass is 10.3. The molecule has 0 aliphatic carbocycles. The number of thioether (sulfide) groups is 2. The molecular weight excluding hydrogens is 476 g/mol. The highest BCUT2D eigenvalue weighted by molar-refractivity contribution is 8.25. The second kappa shape index (κ2) is 11.4. The summed E-state index contributed by atoms with van der Waals surface area (Å²) in [6.45, 7) is 11.8. The van der Waals surface area contributed by atoms with Crippen LogP contribution in [0.3, 0.4) is 0 Å². The van der Waals surface area contributed by atoms with E-state index < -0.39 is 11.9 Å². The third-order valence-corrected chi connectivity index (χ3v) is 7.65. The number of esters is 2. The molecule has 2 heterocycles. The lowest BCUT2D eigenvalue weighted by Crippen LogP contribution is -2.42. The third-order valence-electron chi connectivity index (χ3n) is 5.02. The second-order valence-electron chi connectivity index (χ2n) is 7.40. The van der Waals surface area contributed by atoms with Crippen molar-refractivity contribution in [2.24, 2.45) is 0 Å². The van der Waals surface area contributed by atoms with Crippen molar-refractivity contribution >= 4 is 47.3 Å². The van der Waals surface area contributed by atoms with Gasteiger partial charge in [-0.3, -0.25) is 9.59 Å². The third kappa shape index (κ3) is 5.23. The lowest BCUT2D eigenvalue weighted by molar-refractivity contribution is -0.147. The Morgan fingerprint density at radius 3 is 1.62 bits per heavy atom. The van der Waals surface area contributed by atoms with Gasteiger partial charge in [0.05, 0.1) is 14.0 Å². The first kappa shape index (κ1) is 25.6. The van der Waals surface area contributed by atoms with Crippen molar-refractivity contribution < 1.29 is 28.7 Å². The molecule has 8 nitrogen and oxygen atoms in total. The van der Waals surface area contributed by atoms with E-state index in [-0.39, 0.29) is 28.9 Å². The summed E-state index contributed by atoms with van der Waals surface area (Å²) >= 11 is 2.28. The van der Waals surface area contributed by atoms with Gasteiger partial charge in [-0.05, 0) is 25.0 Å². The van der Waals surface area contributed by atoms with E-state index in [0.717, 1.165) is 61.4 Å². The number of carbonyl (C=O) groups excluding carboxylic acids is 4. The Morgan fingerprint density at radius 2 is 1.26 bits per heavy atom. The first-order valence-corrected chi connectivity index (χ1v) is 12.6. The Kier molecular flexibility index (Phi) is 8.62. The van der Waals surface area contributed by atoms with Crippen molar-refractivity contribution in [1.29, 1.82) is 0 Å². The summed E-state index contributed by atoms with van der Waals surface area (Å²) in [5.74, 6) is -1.59. The molecule has 0 aromatic heterocycles. The number of ether oxygens (including phenoxy) is 2. The number of benzene rings is 1. The number of rotatable bonds is 10. The van der Waals surface area contributed by atoms with E-state index in [4.69, 9.17) is 9.47 Å². The predicted molar refractivity (Wildman–Crippen MR) is 130 cm³/mol. The number of hydrogen-bond acceptors (Lipinski definition) is 8. The average molecular weight is 503 g/mol. The summed E-state index contributed by atoms with van der Waals surface area (Å²) in [4.78, 5) is 51.3. The van der Waals surface area contributed by atoms with Crippen LogP contribution in [0.1, 0.15) is 39.5 Å². The van der Waals surface area contributed by atoms with Crippen LogP contribution in [0.5, 0.6) is 11.5 Å². The number of fused-ring (bicyclic) bond motifs is 1. The molecule has 0 atom stereocenters. The number of hydrogen-bond donors (Lipinski definition) is 0. The first-order valence-electron chi connectivity index (χ1n) is 10.9. The molecule has 2 aliphatic heterocycles. The largest absolute Gasteiger partial charge is 0.422 e. The topological polar surface area (TPSA) is 93.2 Å². The molecule has 10 heteroatoms. The summed E-state index contributed by atoms with van der Waals surface area (Å²) < 4.78 is 11.1. The zero-order valence-corrected chi connectivity index (χ0v) is 20.8. The van der Waals surface area contributed by atoms with Crippen LogP contribution < -0.4 is 9.47 Å². The maximum Gasteiger partial charge on any atom is 0.335 e. The van der Waals surface area contributed by atoms with Crippen LogP contribution in [0.2, 0.25) is 0 Å². The van der Waals surface area contributed by atoms with Gasteiger partial charge in [-0.1, -0.05) is 63.4 Å². The quantitative estimate of drug-likeness (QED) is 0.200. The fourth-order valence-electron chi connectivity index (χ4n) is 3.29. The zero-order chi connectivity index (χ0) is 24.8. The minimum absolute atomic E-state index is 0.0698. The molecule has 0 unspecified atom stereocenters. The van der Waals surface area contributed by atoms with Gasteiger partial charge in [0.25, 0.3) is 11.8 Å². The highest BCUT2D eigenvalue weighted by Crippen LogP contribution is 2.59. The highest BCUT2D eigenvalue weighted by Gasteiger charge is 2.44. The first-order chi connectivity index (χ1) is 16.4. The predicted octanol–water partition coefficient (Wildman–Crippen LogP) is 4.46. The molecule has 0 radical (unpaired) electrons. The summed E-state index contributed by atoms with van der Waals surface area (Å²) in [5.41, 5.74) is 0.0698. The van der Waals surface area contributed by atoms with Gasteiger partial charge in [0, 0.05) is 25.2 Å². The van der Waals surface area contributed by atoms with Gasteiger partial charge >= 0.3 is 11.9 Å². The smallest absolute Gasteiger partial charge is 0.335 e. The van der Waals surface area contributed by atoms with Crippen molar-refractivity contribution in [3.63, 3.8) is 0 Å². The summed E-state index contributed by atoms with van der Waals surface area (Å²) in [6.07, 6.45) is 5.38. The molecule has 0 spiro atoms. The Labute approximate surface area is 207 Å². The lowest BCUT2D eigenvalue weighted by Gasteiger charge is -2.27. The van der Waals surface area contributed by atoms with Crippen LogP contribution in [0.15, 0.2) is 57.0 Å². The van der Waals surface area contributed by atoms with Crippen LogP contribution in [-0.4, -0.2) is 46.9 Å². The van der Waals surface area contributed by atoms with E-state index in [0.29, 0.717) is 27.1 Å². The summed E-state index contributed by atoms with van der Waals surface area (Å²) in [7, 11) is 0. The maximum atomic E-state index is 13.3. The fourth-order valence-corrected chi connectivity index (χ4v) is 5.94. The normalized spacial score (nSPS) is 15.0. The molecule has 1 aromatic carbocycles. The molecule has 1 saturated heterocycles. The molecule has 0 saturated carbocycles. The Balaban J connectivity index is 2.04. The van der Waals surface area contributed by atoms with Gasteiger partial charge in [-0.25, -0.2) is 19.6 Å². The van der Waals surface area contributed by atoms with Crippen LogP contribution in [0, 0.1) is 0 Å². The van der Waals surface area contributed by atoms with E-state index in [1.54, 1.807) is 0 Å². The summed E-state index contributed by atoms with van der Waals surface area (Å²) in [5, 5.41) is 3.04. The molecule has 3 rings (SSSR count). The van der Waals surface area contributed by atoms with Gasteiger partial charge < -0.3 is 9.47 Å². The number of amides is 2. The van der Waals surface area contributed by atoms with E-state index >= 15 is 0 Å². The molecule has 2 amide bonds. The Hall–Kier alpha value is -2.98. The van der Waals surface area contributed by atoms with E-state index in [1.807, 2.05) is 13.8 Å². The van der Waals surface area contributed by atoms with Crippen LogP contribution in [0.4, 0.5) is 0 Å². The molecule has 34 heavy (non-hydrogen) atoms. The van der Waals surface area contributed by atoms with Crippen LogP contribution in [-0.2, 0) is 19.2 Å². The zero-order valence-electron chi connectivity index (χ0n) is 19.1. The standard InChI is InChI=1S/C24H26N2O6S2/c1-5-9-13-25-22(29)19(23(30)26(25)14-10-6-2)24-33-20-15(31-17(27)7-3)11-12-16(21(20)34-24)32-18(28)8-4/h7-8,11-12H,3-6,9-10,13-14H2,1-2H3. The Morgan fingerprint density at radius 1 is 0.853 bits per heavy atom. The van der Waals surface area contributed by atoms with Crippen molar-refractivity contribution in [1.82, 2.24) is 10.0 Å². The van der Waals surface area contributed by atoms with Crippen LogP contribution in [0.25, 0.3) is 0 Å². The highest BCUT2D eigenvalue weighted by atomic mass is 32.2. The fraction of sp³-hybridized carbons (Fsp3) is 0.333. The molecule has 0 N–H and O–H groups in total. The minimum Gasteiger partial charge on any atom is -0.422 e. The van der Waals surface area contributed by atoms with Crippen molar-refractivity contribution in [2.45, 2.75) is 49.3 Å². The van der Waals surface area contributed by atoms with E-state index in [2.05, 4.69) is 13.2 Å². The van der Waals surface area contributed by atoms with Gasteiger partial charge in [-0.15, -0.1) is 0 Å². The minimum atomic E-state index is -0.658. The van der Waals surface area contributed by atoms with Crippen LogP contribution >= 0.6 is 23.5 Å². The molecule has 1 aromatic rings. The van der Waals surface area contributed by atoms with Crippen molar-refractivity contribution in [3.8, 4) is 11.5 Å². The SMILES string of the molecule is C=CC(=O)Oc1ccc(OC(=O)C=C)c2c1SC(=C1C(=O)N(CCCC)N(CCCC)C1=O)S2. The molecule has 0 bridgehead atoms. The van der Waals surface area contributed by atoms with Crippen molar-refractivity contribution in [3.05, 3.63) is 47.3 Å². The van der Waals surface area contributed by atoms with Gasteiger partial charge in [0.15, 0.2) is 0 Å². The van der Waals surface area contributed by atoms with E-state index in [9.17, 15) is 19.2 Å². The molecule has 1 fully saturated rings. The number of hydrazine groups is 1. The molecular formula is C24H26N2O6S2. The monoisotopic (exact) mass is 502 g/mol. The summed E-state index contributed by atoms with van der Waals surface area (Å²) in [6, 6.07) is 2.99. The van der Waals surface area contributed by atoms with Gasteiger partial charge in [-0.2, -0.15) is 0 Å². The maximum absolute atomic E-state index is 13.3. The van der Waals surface area contributed by atoms with Gasteiger partial charge in [0.2, 0.25) is 0 Å². The van der Waals surface area contributed by atoms with Crippen molar-refractivity contribution in [2.75, 3.05) is 13.1 Å². The molecule has 2 aliphatic rings. The van der Waals surface area contributed by atoms with E-state index in [1.165, 1.54) is 22.2 Å². The second-order valence-corrected chi connectivity index (χ2v) is 9.70. The number of nitrogens with zero attached hydrogens (tertiary/aromatic N) is 2. The number of carbonyl (C=O) groups is 4. The Bertz CT molecular complexity index is 1000. The number of unbranched alkanes of at least 4 members (excludes halogenated alkanes) is 2. The van der Waals surface area contributed by atoms with Gasteiger partial charge in [0.1, 0.15) is 17.1 Å². The molecule has 180 valence electrons. The average Bonchev–Trinajstić information content (AvgIpc) is 3.36.